The minimum Gasteiger partial charge on any atom is -0.492 e. The third-order valence-corrected chi connectivity index (χ3v) is 6.67. The fraction of sp³-hybridized carbons (Fsp3) is 0.185. The second-order valence-electron chi connectivity index (χ2n) is 8.33. The van der Waals surface area contributed by atoms with Crippen molar-refractivity contribution in [3.8, 4) is 11.5 Å². The molecule has 2 aliphatic rings. The van der Waals surface area contributed by atoms with Gasteiger partial charge in [-0.1, -0.05) is 60.7 Å². The first-order valence-corrected chi connectivity index (χ1v) is 10.7. The Kier molecular flexibility index (Phi) is 4.30. The first-order chi connectivity index (χ1) is 16.1. The number of hydrogen-bond donors (Lipinski definition) is 0. The number of ether oxygens (including phenoxy) is 3. The summed E-state index contributed by atoms with van der Waals surface area (Å²) < 4.78 is 23.7. The molecule has 3 atom stereocenters. The van der Waals surface area contributed by atoms with E-state index in [9.17, 15) is 9.59 Å². The lowest BCUT2D eigenvalue weighted by Crippen LogP contribution is -2.55. The van der Waals surface area contributed by atoms with Crippen LogP contribution in [0.1, 0.15) is 28.7 Å². The van der Waals surface area contributed by atoms with Crippen molar-refractivity contribution in [1.82, 2.24) is 0 Å². The number of carbonyl (C=O) groups excluding carboxylic acids is 1. The summed E-state index contributed by atoms with van der Waals surface area (Å²) in [5.74, 6) is -0.134. The van der Waals surface area contributed by atoms with Gasteiger partial charge in [0.15, 0.2) is 5.41 Å². The molecule has 33 heavy (non-hydrogen) atoms. The SMILES string of the molecule is COC(=O)[C@@]12COc3ccccc3[C@@H]1c1c(c3ccccc3oc1=O)O[C@@H]2c1ccccc1. The number of benzene rings is 3. The van der Waals surface area contributed by atoms with Gasteiger partial charge in [-0.3, -0.25) is 4.79 Å². The first-order valence-electron chi connectivity index (χ1n) is 10.7. The summed E-state index contributed by atoms with van der Waals surface area (Å²) in [6, 6.07) is 24.2. The van der Waals surface area contributed by atoms with E-state index in [1.165, 1.54) is 7.11 Å². The molecule has 164 valence electrons. The Balaban J connectivity index is 1.75. The van der Waals surface area contributed by atoms with Crippen molar-refractivity contribution in [2.45, 2.75) is 12.0 Å². The molecule has 4 aromatic rings. The lowest BCUT2D eigenvalue weighted by molar-refractivity contribution is -0.168. The Morgan fingerprint density at radius 2 is 1.70 bits per heavy atom. The molecule has 0 saturated heterocycles. The molecule has 3 aromatic carbocycles. The van der Waals surface area contributed by atoms with Gasteiger partial charge in [0.1, 0.15) is 29.8 Å². The van der Waals surface area contributed by atoms with Crippen LogP contribution in [-0.2, 0) is 9.53 Å². The maximum atomic E-state index is 13.6. The lowest BCUT2D eigenvalue weighted by Gasteiger charge is -2.49. The second kappa shape index (κ2) is 7.24. The van der Waals surface area contributed by atoms with Crippen LogP contribution in [0.3, 0.4) is 0 Å². The largest absolute Gasteiger partial charge is 0.492 e. The van der Waals surface area contributed by atoms with Gasteiger partial charge in [-0.25, -0.2) is 4.79 Å². The summed E-state index contributed by atoms with van der Waals surface area (Å²) in [5.41, 5.74) is 0.390. The van der Waals surface area contributed by atoms with Crippen LogP contribution < -0.4 is 15.1 Å². The zero-order chi connectivity index (χ0) is 22.6. The van der Waals surface area contributed by atoms with Crippen molar-refractivity contribution in [3.05, 3.63) is 106 Å². The minimum atomic E-state index is -1.32. The summed E-state index contributed by atoms with van der Waals surface area (Å²) >= 11 is 0. The Morgan fingerprint density at radius 3 is 2.52 bits per heavy atom. The summed E-state index contributed by atoms with van der Waals surface area (Å²) in [7, 11) is 1.34. The Hall–Kier alpha value is -4.06. The summed E-state index contributed by atoms with van der Waals surface area (Å²) in [4.78, 5) is 27.0. The summed E-state index contributed by atoms with van der Waals surface area (Å²) in [6.45, 7) is -0.00732. The van der Waals surface area contributed by atoms with Crippen LogP contribution in [0.2, 0.25) is 0 Å². The number of para-hydroxylation sites is 2. The fourth-order valence-electron chi connectivity index (χ4n) is 5.25. The van der Waals surface area contributed by atoms with Gasteiger partial charge in [-0.15, -0.1) is 0 Å². The highest BCUT2D eigenvalue weighted by molar-refractivity contribution is 5.88. The monoisotopic (exact) mass is 440 g/mol. The number of hydrogen-bond acceptors (Lipinski definition) is 6. The lowest BCUT2D eigenvalue weighted by atomic mass is 9.61. The third-order valence-electron chi connectivity index (χ3n) is 6.67. The average molecular weight is 440 g/mol. The number of esters is 1. The van der Waals surface area contributed by atoms with Gasteiger partial charge < -0.3 is 18.6 Å². The van der Waals surface area contributed by atoms with Crippen LogP contribution in [0.25, 0.3) is 11.0 Å². The fourth-order valence-corrected chi connectivity index (χ4v) is 5.25. The molecule has 6 heteroatoms. The van der Waals surface area contributed by atoms with E-state index in [0.29, 0.717) is 28.0 Å². The number of methoxy groups -OCH3 is 1. The summed E-state index contributed by atoms with van der Waals surface area (Å²) in [5, 5.41) is 0.676. The molecule has 1 aromatic heterocycles. The van der Waals surface area contributed by atoms with Crippen molar-refractivity contribution >= 4 is 16.9 Å². The zero-order valence-electron chi connectivity index (χ0n) is 17.8. The average Bonchev–Trinajstić information content (AvgIpc) is 2.87. The normalized spacial score (nSPS) is 22.8. The van der Waals surface area contributed by atoms with E-state index in [1.54, 1.807) is 12.1 Å². The Labute approximate surface area is 189 Å². The van der Waals surface area contributed by atoms with Crippen LogP contribution in [-0.4, -0.2) is 19.7 Å². The maximum absolute atomic E-state index is 13.6. The maximum Gasteiger partial charge on any atom is 0.343 e. The molecule has 0 saturated carbocycles. The molecule has 0 unspecified atom stereocenters. The predicted molar refractivity (Wildman–Crippen MR) is 121 cm³/mol. The van der Waals surface area contributed by atoms with Gasteiger partial charge in [0.25, 0.3) is 0 Å². The van der Waals surface area contributed by atoms with Gasteiger partial charge in [-0.05, 0) is 23.8 Å². The molecule has 0 N–H and O–H groups in total. The minimum absolute atomic E-state index is 0.00732. The highest BCUT2D eigenvalue weighted by Gasteiger charge is 2.63. The molecule has 3 heterocycles. The van der Waals surface area contributed by atoms with Crippen molar-refractivity contribution in [2.24, 2.45) is 5.41 Å². The molecule has 0 aliphatic carbocycles. The van der Waals surface area contributed by atoms with E-state index in [4.69, 9.17) is 18.6 Å². The van der Waals surface area contributed by atoms with Crippen LogP contribution in [0, 0.1) is 5.41 Å². The van der Waals surface area contributed by atoms with Crippen molar-refractivity contribution in [2.75, 3.05) is 13.7 Å². The van der Waals surface area contributed by atoms with E-state index in [0.717, 1.165) is 11.1 Å². The molecule has 0 amide bonds. The van der Waals surface area contributed by atoms with E-state index in [-0.39, 0.29) is 6.61 Å². The van der Waals surface area contributed by atoms with E-state index < -0.39 is 29.0 Å². The molecule has 2 aliphatic heterocycles. The molecule has 0 radical (unpaired) electrons. The molecule has 0 fully saturated rings. The second-order valence-corrected chi connectivity index (χ2v) is 8.33. The number of rotatable bonds is 2. The van der Waals surface area contributed by atoms with Crippen molar-refractivity contribution in [1.29, 1.82) is 0 Å². The zero-order valence-corrected chi connectivity index (χ0v) is 17.8. The predicted octanol–water partition coefficient (Wildman–Crippen LogP) is 4.61. The van der Waals surface area contributed by atoms with Gasteiger partial charge in [0.05, 0.1) is 18.1 Å². The van der Waals surface area contributed by atoms with Crippen LogP contribution in [0.15, 0.2) is 88.1 Å². The van der Waals surface area contributed by atoms with Gasteiger partial charge in [-0.2, -0.15) is 0 Å². The van der Waals surface area contributed by atoms with Crippen LogP contribution in [0.4, 0.5) is 0 Å². The number of carbonyl (C=O) groups is 1. The van der Waals surface area contributed by atoms with Crippen LogP contribution >= 0.6 is 0 Å². The molecule has 6 nitrogen and oxygen atoms in total. The molecular weight excluding hydrogens is 420 g/mol. The highest BCUT2D eigenvalue weighted by Crippen LogP contribution is 2.60. The molecular formula is C27H20O6. The van der Waals surface area contributed by atoms with Gasteiger partial charge in [0, 0.05) is 11.5 Å². The molecule has 6 rings (SSSR count). The Bertz CT molecular complexity index is 1440. The molecule has 0 spiro atoms. The topological polar surface area (TPSA) is 75.0 Å². The van der Waals surface area contributed by atoms with E-state index in [2.05, 4.69) is 0 Å². The van der Waals surface area contributed by atoms with Gasteiger partial charge in [0.2, 0.25) is 0 Å². The highest BCUT2D eigenvalue weighted by atomic mass is 16.5. The van der Waals surface area contributed by atoms with Gasteiger partial charge >= 0.3 is 11.6 Å². The standard InChI is InChI=1S/C27H20O6/c1-30-26(29)27-15-31-19-13-7-5-11-17(19)22(27)21-23(33-24(27)16-9-3-2-4-10-16)18-12-6-8-14-20(18)32-25(21)28/h2-14,22,24H,15H2,1H3/t22-,24-,27+/m1/s1. The van der Waals surface area contributed by atoms with E-state index >= 15 is 0 Å². The quantitative estimate of drug-likeness (QED) is 0.335. The molecule has 0 bridgehead atoms. The van der Waals surface area contributed by atoms with Crippen molar-refractivity contribution in [3.63, 3.8) is 0 Å². The smallest absolute Gasteiger partial charge is 0.343 e. The number of fused-ring (bicyclic) bond motifs is 7. The van der Waals surface area contributed by atoms with Crippen LogP contribution in [0.5, 0.6) is 11.5 Å². The first kappa shape index (κ1) is 19.6. The Morgan fingerprint density at radius 1 is 0.970 bits per heavy atom. The third kappa shape index (κ3) is 2.67. The summed E-state index contributed by atoms with van der Waals surface area (Å²) in [6.07, 6.45) is -0.748. The van der Waals surface area contributed by atoms with Crippen molar-refractivity contribution < 1.29 is 23.4 Å². The van der Waals surface area contributed by atoms with E-state index in [1.807, 2.05) is 66.7 Å².